The van der Waals surface area contributed by atoms with Gasteiger partial charge in [0, 0.05) is 25.8 Å². The number of hydrogen-bond donors (Lipinski definition) is 1. The molecule has 3 nitrogen and oxygen atoms in total. The summed E-state index contributed by atoms with van der Waals surface area (Å²) in [4.78, 5) is 0. The van der Waals surface area contributed by atoms with Gasteiger partial charge in [-0.15, -0.1) is 0 Å². The van der Waals surface area contributed by atoms with Crippen molar-refractivity contribution in [1.29, 1.82) is 0 Å². The minimum Gasteiger partial charge on any atom is -0.308 e. The Bertz CT molecular complexity index is 313. The molecule has 0 amide bonds. The van der Waals surface area contributed by atoms with Gasteiger partial charge >= 0.3 is 0 Å². The van der Waals surface area contributed by atoms with Crippen molar-refractivity contribution >= 4 is 0 Å². The number of nitrogens with one attached hydrogen (secondary N) is 1. The van der Waals surface area contributed by atoms with E-state index in [0.29, 0.717) is 6.04 Å². The van der Waals surface area contributed by atoms with Gasteiger partial charge in [0.25, 0.3) is 0 Å². The molecule has 0 saturated heterocycles. The Balaban J connectivity index is 1.76. The normalized spacial score (nSPS) is 19.9. The van der Waals surface area contributed by atoms with E-state index in [9.17, 15) is 0 Å². The van der Waals surface area contributed by atoms with E-state index in [0.717, 1.165) is 18.2 Å². The predicted octanol–water partition coefficient (Wildman–Crippen LogP) is 2.48. The molecule has 0 spiro atoms. The van der Waals surface area contributed by atoms with Crippen LogP contribution in [0, 0.1) is 5.92 Å². The van der Waals surface area contributed by atoms with E-state index >= 15 is 0 Å². The quantitative estimate of drug-likeness (QED) is 0.846. The predicted molar refractivity (Wildman–Crippen MR) is 66.1 cm³/mol. The number of aryl methyl sites for hydroxylation is 1. The van der Waals surface area contributed by atoms with Crippen molar-refractivity contribution < 1.29 is 0 Å². The zero-order valence-electron chi connectivity index (χ0n) is 10.4. The monoisotopic (exact) mass is 221 g/mol. The van der Waals surface area contributed by atoms with E-state index in [1.54, 1.807) is 0 Å². The van der Waals surface area contributed by atoms with Crippen LogP contribution < -0.4 is 5.32 Å². The van der Waals surface area contributed by atoms with Gasteiger partial charge in [-0.3, -0.25) is 4.68 Å². The average molecular weight is 221 g/mol. The summed E-state index contributed by atoms with van der Waals surface area (Å²) < 4.78 is 1.86. The van der Waals surface area contributed by atoms with Gasteiger partial charge in [0.05, 0.1) is 5.69 Å². The number of aromatic nitrogens is 2. The highest BCUT2D eigenvalue weighted by atomic mass is 15.3. The molecule has 16 heavy (non-hydrogen) atoms. The first kappa shape index (κ1) is 11.6. The van der Waals surface area contributed by atoms with Crippen molar-refractivity contribution in [2.45, 2.75) is 51.6 Å². The molecule has 1 aliphatic rings. The molecule has 1 N–H and O–H groups in total. The van der Waals surface area contributed by atoms with Crippen LogP contribution in [0.4, 0.5) is 0 Å². The molecule has 0 bridgehead atoms. The second kappa shape index (κ2) is 5.48. The fraction of sp³-hybridized carbons (Fsp3) is 0.769. The molecular weight excluding hydrogens is 198 g/mol. The Morgan fingerprint density at radius 2 is 2.19 bits per heavy atom. The van der Waals surface area contributed by atoms with Gasteiger partial charge < -0.3 is 5.32 Å². The molecule has 0 aromatic carbocycles. The molecular formula is C13H23N3. The largest absolute Gasteiger partial charge is 0.308 e. The molecule has 1 aromatic rings. The lowest BCUT2D eigenvalue weighted by Crippen LogP contribution is -2.34. The summed E-state index contributed by atoms with van der Waals surface area (Å²) in [6, 6.07) is 2.71. The van der Waals surface area contributed by atoms with Gasteiger partial charge in [0.15, 0.2) is 0 Å². The SMILES string of the molecule is CC(NCc1ccn(C)n1)C1CCCCC1. The van der Waals surface area contributed by atoms with Crippen LogP contribution >= 0.6 is 0 Å². The van der Waals surface area contributed by atoms with Crippen LogP contribution in [0.5, 0.6) is 0 Å². The summed E-state index contributed by atoms with van der Waals surface area (Å²) >= 11 is 0. The smallest absolute Gasteiger partial charge is 0.0762 e. The van der Waals surface area contributed by atoms with Crippen molar-refractivity contribution in [3.8, 4) is 0 Å². The van der Waals surface area contributed by atoms with E-state index in [1.165, 1.54) is 32.1 Å². The maximum Gasteiger partial charge on any atom is 0.0762 e. The number of nitrogens with zero attached hydrogens (tertiary/aromatic N) is 2. The van der Waals surface area contributed by atoms with Gasteiger partial charge in [0.1, 0.15) is 0 Å². The topological polar surface area (TPSA) is 29.9 Å². The molecule has 1 unspecified atom stereocenters. The zero-order chi connectivity index (χ0) is 11.4. The van der Waals surface area contributed by atoms with Gasteiger partial charge in [-0.1, -0.05) is 19.3 Å². The molecule has 3 heteroatoms. The van der Waals surface area contributed by atoms with E-state index in [4.69, 9.17) is 0 Å². The molecule has 1 atom stereocenters. The van der Waals surface area contributed by atoms with E-state index in [-0.39, 0.29) is 0 Å². The Hall–Kier alpha value is -0.830. The Morgan fingerprint density at radius 1 is 1.44 bits per heavy atom. The highest BCUT2D eigenvalue weighted by Crippen LogP contribution is 2.26. The van der Waals surface area contributed by atoms with Crippen LogP contribution in [0.25, 0.3) is 0 Å². The highest BCUT2D eigenvalue weighted by molar-refractivity contribution is 4.98. The lowest BCUT2D eigenvalue weighted by atomic mass is 9.84. The van der Waals surface area contributed by atoms with Crippen LogP contribution in [-0.4, -0.2) is 15.8 Å². The molecule has 1 saturated carbocycles. The van der Waals surface area contributed by atoms with Crippen molar-refractivity contribution in [3.63, 3.8) is 0 Å². The van der Waals surface area contributed by atoms with E-state index < -0.39 is 0 Å². The van der Waals surface area contributed by atoms with Crippen LogP contribution in [0.15, 0.2) is 12.3 Å². The third-order valence-corrected chi connectivity index (χ3v) is 3.73. The first-order valence-electron chi connectivity index (χ1n) is 6.47. The summed E-state index contributed by atoms with van der Waals surface area (Å²) in [5.41, 5.74) is 1.14. The lowest BCUT2D eigenvalue weighted by Gasteiger charge is -2.28. The van der Waals surface area contributed by atoms with Crippen LogP contribution in [0.1, 0.15) is 44.7 Å². The zero-order valence-corrected chi connectivity index (χ0v) is 10.4. The molecule has 2 rings (SSSR count). The standard InChI is InChI=1S/C13H23N3/c1-11(12-6-4-3-5-7-12)14-10-13-8-9-16(2)15-13/h8-9,11-12,14H,3-7,10H2,1-2H3. The molecule has 1 fully saturated rings. The number of hydrogen-bond acceptors (Lipinski definition) is 2. The van der Waals surface area contributed by atoms with Crippen molar-refractivity contribution in [2.75, 3.05) is 0 Å². The summed E-state index contributed by atoms with van der Waals surface area (Å²) in [5.74, 6) is 0.873. The second-order valence-corrected chi connectivity index (χ2v) is 5.05. The van der Waals surface area contributed by atoms with E-state index in [1.807, 2.05) is 17.9 Å². The van der Waals surface area contributed by atoms with Crippen LogP contribution in [-0.2, 0) is 13.6 Å². The summed E-state index contributed by atoms with van der Waals surface area (Å²) in [6.45, 7) is 3.22. The van der Waals surface area contributed by atoms with Gasteiger partial charge in [-0.25, -0.2) is 0 Å². The average Bonchev–Trinajstić information content (AvgIpc) is 2.73. The Kier molecular flexibility index (Phi) is 3.99. The van der Waals surface area contributed by atoms with Crippen molar-refractivity contribution in [3.05, 3.63) is 18.0 Å². The molecule has 0 aliphatic heterocycles. The third kappa shape index (κ3) is 3.08. The van der Waals surface area contributed by atoms with Gasteiger partial charge in [-0.2, -0.15) is 5.10 Å². The minimum atomic E-state index is 0.627. The third-order valence-electron chi connectivity index (χ3n) is 3.73. The first-order valence-corrected chi connectivity index (χ1v) is 6.47. The summed E-state index contributed by atoms with van der Waals surface area (Å²) in [7, 11) is 1.97. The molecule has 1 aliphatic carbocycles. The number of rotatable bonds is 4. The maximum absolute atomic E-state index is 4.38. The molecule has 0 radical (unpaired) electrons. The Morgan fingerprint density at radius 3 is 2.81 bits per heavy atom. The summed E-state index contributed by atoms with van der Waals surface area (Å²) in [5, 5.41) is 7.99. The van der Waals surface area contributed by atoms with Crippen LogP contribution in [0.3, 0.4) is 0 Å². The maximum atomic E-state index is 4.38. The molecule has 1 aromatic heterocycles. The second-order valence-electron chi connectivity index (χ2n) is 5.05. The van der Waals surface area contributed by atoms with Gasteiger partial charge in [-0.05, 0) is 31.7 Å². The van der Waals surface area contributed by atoms with E-state index in [2.05, 4.69) is 23.4 Å². The van der Waals surface area contributed by atoms with Crippen LogP contribution in [0.2, 0.25) is 0 Å². The fourth-order valence-corrected chi connectivity index (χ4v) is 2.62. The Labute approximate surface area is 98.2 Å². The summed E-state index contributed by atoms with van der Waals surface area (Å²) in [6.07, 6.45) is 9.07. The molecule has 1 heterocycles. The lowest BCUT2D eigenvalue weighted by molar-refractivity contribution is 0.280. The van der Waals surface area contributed by atoms with Crippen molar-refractivity contribution in [1.82, 2.24) is 15.1 Å². The molecule has 90 valence electrons. The fourth-order valence-electron chi connectivity index (χ4n) is 2.62. The highest BCUT2D eigenvalue weighted by Gasteiger charge is 2.19. The first-order chi connectivity index (χ1) is 7.75. The van der Waals surface area contributed by atoms with Gasteiger partial charge in [0.2, 0.25) is 0 Å². The van der Waals surface area contributed by atoms with Crippen molar-refractivity contribution in [2.24, 2.45) is 13.0 Å². The minimum absolute atomic E-state index is 0.627.